The second-order valence-corrected chi connectivity index (χ2v) is 8.34. The van der Waals surface area contributed by atoms with Crippen molar-refractivity contribution in [1.82, 2.24) is 24.6 Å². The van der Waals surface area contributed by atoms with E-state index in [4.69, 9.17) is 5.26 Å². The van der Waals surface area contributed by atoms with Gasteiger partial charge in [0, 0.05) is 44.0 Å². The Bertz CT molecular complexity index is 1210. The van der Waals surface area contributed by atoms with Gasteiger partial charge in [0.2, 0.25) is 0 Å². The Morgan fingerprint density at radius 1 is 1.30 bits per heavy atom. The average molecular weight is 444 g/mol. The molecule has 0 aliphatic carbocycles. The number of nitrogens with one attached hydrogen (secondary N) is 1. The van der Waals surface area contributed by atoms with E-state index in [-0.39, 0.29) is 29.3 Å². The van der Waals surface area contributed by atoms with Gasteiger partial charge in [0.25, 0.3) is 11.8 Å². The molecule has 2 amide bonds. The molecule has 0 radical (unpaired) electrons. The zero-order valence-electron chi connectivity index (χ0n) is 18.6. The summed E-state index contributed by atoms with van der Waals surface area (Å²) >= 11 is 0. The first-order chi connectivity index (χ1) is 15.9. The number of rotatable bonds is 6. The molecule has 9 heteroatoms. The molecule has 1 saturated heterocycles. The number of pyridine rings is 1. The molecule has 2 aromatic heterocycles. The number of aromatic nitrogens is 4. The zero-order valence-corrected chi connectivity index (χ0v) is 18.6. The van der Waals surface area contributed by atoms with Crippen LogP contribution in [0.5, 0.6) is 0 Å². The Morgan fingerprint density at radius 2 is 2.15 bits per heavy atom. The van der Waals surface area contributed by atoms with Crippen molar-refractivity contribution < 1.29 is 9.59 Å². The molecule has 0 unspecified atom stereocenters. The van der Waals surface area contributed by atoms with Crippen LogP contribution in [0.1, 0.15) is 51.5 Å². The maximum atomic E-state index is 12.8. The Balaban J connectivity index is 1.44. The fourth-order valence-corrected chi connectivity index (χ4v) is 3.92. The van der Waals surface area contributed by atoms with Crippen LogP contribution in [0, 0.1) is 17.2 Å². The van der Waals surface area contributed by atoms with Gasteiger partial charge in [-0.3, -0.25) is 14.6 Å². The highest BCUT2D eigenvalue weighted by atomic mass is 16.2. The van der Waals surface area contributed by atoms with Gasteiger partial charge in [-0.2, -0.15) is 5.26 Å². The second kappa shape index (κ2) is 9.61. The lowest BCUT2D eigenvalue weighted by molar-refractivity contribution is 0.0789. The molecule has 9 nitrogen and oxygen atoms in total. The predicted molar refractivity (Wildman–Crippen MR) is 121 cm³/mol. The smallest absolute Gasteiger partial charge is 0.274 e. The number of aryl methyl sites for hydroxylation is 1. The number of likely N-dealkylation sites (tertiary alicyclic amines) is 1. The van der Waals surface area contributed by atoms with E-state index in [1.54, 1.807) is 17.3 Å². The third-order valence-corrected chi connectivity index (χ3v) is 5.91. The van der Waals surface area contributed by atoms with Crippen molar-refractivity contribution in [1.29, 1.82) is 5.26 Å². The van der Waals surface area contributed by atoms with E-state index >= 15 is 0 Å². The minimum atomic E-state index is -0.390. The minimum Gasteiger partial charge on any atom is -0.337 e. The maximum absolute atomic E-state index is 12.8. The summed E-state index contributed by atoms with van der Waals surface area (Å²) in [4.78, 5) is 31.4. The Morgan fingerprint density at radius 3 is 2.88 bits per heavy atom. The normalized spacial score (nSPS) is 16.3. The molecule has 1 N–H and O–H groups in total. The van der Waals surface area contributed by atoms with Crippen LogP contribution >= 0.6 is 0 Å². The van der Waals surface area contributed by atoms with Gasteiger partial charge in [-0.15, -0.1) is 10.2 Å². The summed E-state index contributed by atoms with van der Waals surface area (Å²) in [5.41, 5.74) is 2.26. The third kappa shape index (κ3) is 5.06. The Kier molecular flexibility index (Phi) is 6.45. The number of nitriles is 1. The molecule has 1 aliphatic rings. The summed E-state index contributed by atoms with van der Waals surface area (Å²) in [6.07, 6.45) is 4.53. The van der Waals surface area contributed by atoms with Crippen LogP contribution in [0.25, 0.3) is 0 Å². The number of hydrogen-bond acceptors (Lipinski definition) is 6. The van der Waals surface area contributed by atoms with Gasteiger partial charge in [0.15, 0.2) is 0 Å². The lowest BCUT2D eigenvalue weighted by Crippen LogP contribution is -2.29. The van der Waals surface area contributed by atoms with E-state index in [1.165, 1.54) is 12.3 Å². The first kappa shape index (κ1) is 22.1. The van der Waals surface area contributed by atoms with Crippen molar-refractivity contribution in [3.63, 3.8) is 0 Å². The molecule has 1 aromatic carbocycles. The van der Waals surface area contributed by atoms with E-state index < -0.39 is 0 Å². The number of amides is 2. The number of benzene rings is 1. The SMILES string of the molecule is C[C@H](Cc1nncn1C)c1cccc(NC(=O)c2cc(C(=O)N3CC[C@@H](C#N)C3)ccn2)c1. The second-order valence-electron chi connectivity index (χ2n) is 8.34. The molecule has 0 bridgehead atoms. The van der Waals surface area contributed by atoms with E-state index in [0.717, 1.165) is 17.8 Å². The quantitative estimate of drug-likeness (QED) is 0.626. The predicted octanol–water partition coefficient (Wildman–Crippen LogP) is 2.79. The summed E-state index contributed by atoms with van der Waals surface area (Å²) in [6, 6.07) is 12.9. The third-order valence-electron chi connectivity index (χ3n) is 5.91. The highest BCUT2D eigenvalue weighted by Crippen LogP contribution is 2.23. The lowest BCUT2D eigenvalue weighted by atomic mass is 9.97. The minimum absolute atomic E-state index is 0.137. The molecular weight excluding hydrogens is 418 g/mol. The van der Waals surface area contributed by atoms with Crippen LogP contribution in [0.15, 0.2) is 48.9 Å². The molecule has 0 saturated carbocycles. The summed E-state index contributed by atoms with van der Waals surface area (Å²) in [5.74, 6) is 0.355. The monoisotopic (exact) mass is 443 g/mol. The largest absolute Gasteiger partial charge is 0.337 e. The zero-order chi connectivity index (χ0) is 23.4. The highest BCUT2D eigenvalue weighted by Gasteiger charge is 2.27. The van der Waals surface area contributed by atoms with Gasteiger partial charge in [0.1, 0.15) is 17.8 Å². The maximum Gasteiger partial charge on any atom is 0.274 e. The molecule has 0 spiro atoms. The van der Waals surface area contributed by atoms with E-state index in [0.29, 0.717) is 30.8 Å². The fourth-order valence-electron chi connectivity index (χ4n) is 3.92. The van der Waals surface area contributed by atoms with Crippen LogP contribution in [-0.4, -0.2) is 49.6 Å². The molecule has 1 fully saturated rings. The number of hydrogen-bond donors (Lipinski definition) is 1. The van der Waals surface area contributed by atoms with Gasteiger partial charge < -0.3 is 14.8 Å². The topological polar surface area (TPSA) is 117 Å². The summed E-state index contributed by atoms with van der Waals surface area (Å²) in [7, 11) is 1.91. The van der Waals surface area contributed by atoms with Crippen LogP contribution < -0.4 is 5.32 Å². The Labute approximate surface area is 192 Å². The number of carbonyl (C=O) groups excluding carboxylic acids is 2. The van der Waals surface area contributed by atoms with Crippen LogP contribution in [0.3, 0.4) is 0 Å². The van der Waals surface area contributed by atoms with Crippen LogP contribution in [-0.2, 0) is 13.5 Å². The van der Waals surface area contributed by atoms with Crippen LogP contribution in [0.4, 0.5) is 5.69 Å². The Hall–Kier alpha value is -4.06. The van der Waals surface area contributed by atoms with Crippen molar-refractivity contribution in [2.24, 2.45) is 13.0 Å². The van der Waals surface area contributed by atoms with Crippen molar-refractivity contribution in [3.8, 4) is 6.07 Å². The van der Waals surface area contributed by atoms with Gasteiger partial charge in [-0.05, 0) is 42.2 Å². The van der Waals surface area contributed by atoms with E-state index in [9.17, 15) is 9.59 Å². The molecule has 3 aromatic rings. The first-order valence-corrected chi connectivity index (χ1v) is 10.8. The summed E-state index contributed by atoms with van der Waals surface area (Å²) in [5, 5.41) is 20.0. The molecular formula is C24H25N7O2. The first-order valence-electron chi connectivity index (χ1n) is 10.8. The van der Waals surface area contributed by atoms with Gasteiger partial charge in [-0.1, -0.05) is 19.1 Å². The van der Waals surface area contributed by atoms with E-state index in [1.807, 2.05) is 35.9 Å². The van der Waals surface area contributed by atoms with Gasteiger partial charge in [-0.25, -0.2) is 0 Å². The summed E-state index contributed by atoms with van der Waals surface area (Å²) in [6.45, 7) is 3.06. The lowest BCUT2D eigenvalue weighted by Gasteiger charge is -2.16. The highest BCUT2D eigenvalue weighted by molar-refractivity contribution is 6.04. The van der Waals surface area contributed by atoms with Gasteiger partial charge in [0.05, 0.1) is 12.0 Å². The van der Waals surface area contributed by atoms with Crippen molar-refractivity contribution >= 4 is 17.5 Å². The van der Waals surface area contributed by atoms with Crippen molar-refractivity contribution in [2.45, 2.75) is 25.7 Å². The standard InChI is InChI=1S/C24H25N7O2/c1-16(10-22-29-27-15-30(22)2)18-4-3-5-20(11-18)28-23(32)21-12-19(6-8-26-21)24(33)31-9-7-17(13-25)14-31/h3-6,8,11-12,15-17H,7,9-10,14H2,1-2H3,(H,28,32)/t16-,17+/m1/s1. The van der Waals surface area contributed by atoms with Crippen molar-refractivity contribution in [3.05, 3.63) is 71.6 Å². The molecule has 2 atom stereocenters. The van der Waals surface area contributed by atoms with E-state index in [2.05, 4.69) is 33.5 Å². The molecule has 33 heavy (non-hydrogen) atoms. The summed E-state index contributed by atoms with van der Waals surface area (Å²) < 4.78 is 1.89. The molecule has 4 rings (SSSR count). The van der Waals surface area contributed by atoms with Crippen LogP contribution in [0.2, 0.25) is 0 Å². The molecule has 168 valence electrons. The van der Waals surface area contributed by atoms with Gasteiger partial charge >= 0.3 is 0 Å². The number of anilines is 1. The number of carbonyl (C=O) groups is 2. The fraction of sp³-hybridized carbons (Fsp3) is 0.333. The number of nitrogens with zero attached hydrogens (tertiary/aromatic N) is 6. The molecule has 3 heterocycles. The average Bonchev–Trinajstić information content (AvgIpc) is 3.48. The van der Waals surface area contributed by atoms with Crippen molar-refractivity contribution in [2.75, 3.05) is 18.4 Å². The molecule has 1 aliphatic heterocycles.